The third-order valence-corrected chi connectivity index (χ3v) is 5.20. The molecule has 5 nitrogen and oxygen atoms in total. The van der Waals surface area contributed by atoms with Crippen molar-refractivity contribution in [3.63, 3.8) is 0 Å². The zero-order chi connectivity index (χ0) is 18.5. The molecule has 1 amide bonds. The maximum absolute atomic E-state index is 12.4. The van der Waals surface area contributed by atoms with Gasteiger partial charge in [-0.1, -0.05) is 41.9 Å². The number of piperazine rings is 1. The Morgan fingerprint density at radius 3 is 2.54 bits per heavy atom. The SMILES string of the molecule is C[C@@H](NC(=O)C[NH+]1CCN(c2ccccc2O)CC1)c1ccccc1Cl. The van der Waals surface area contributed by atoms with Crippen LogP contribution in [-0.2, 0) is 4.79 Å². The average Bonchev–Trinajstić information content (AvgIpc) is 2.63. The van der Waals surface area contributed by atoms with Gasteiger partial charge in [-0.05, 0) is 30.7 Å². The van der Waals surface area contributed by atoms with E-state index in [2.05, 4.69) is 10.2 Å². The van der Waals surface area contributed by atoms with Crippen LogP contribution in [0.3, 0.4) is 0 Å². The van der Waals surface area contributed by atoms with Crippen molar-refractivity contribution < 1.29 is 14.8 Å². The zero-order valence-electron chi connectivity index (χ0n) is 14.9. The van der Waals surface area contributed by atoms with E-state index in [1.807, 2.05) is 49.4 Å². The van der Waals surface area contributed by atoms with Gasteiger partial charge in [-0.3, -0.25) is 4.79 Å². The molecular formula is C20H25ClN3O2+. The monoisotopic (exact) mass is 374 g/mol. The van der Waals surface area contributed by atoms with Gasteiger partial charge in [-0.2, -0.15) is 0 Å². The standard InChI is InChI=1S/C20H24ClN3O2/c1-15(16-6-2-3-7-17(16)21)22-20(26)14-23-10-12-24(13-11-23)18-8-4-5-9-19(18)25/h2-9,15,25H,10-14H2,1H3,(H,22,26)/p+1/t15-/m1/s1. The predicted octanol–water partition coefficient (Wildman–Crippen LogP) is 1.63. The first-order chi connectivity index (χ1) is 12.5. The van der Waals surface area contributed by atoms with Gasteiger partial charge in [0.05, 0.1) is 37.9 Å². The van der Waals surface area contributed by atoms with E-state index in [4.69, 9.17) is 11.6 Å². The minimum Gasteiger partial charge on any atom is -0.506 e. The van der Waals surface area contributed by atoms with Gasteiger partial charge in [0.15, 0.2) is 6.54 Å². The van der Waals surface area contributed by atoms with Crippen molar-refractivity contribution in [2.24, 2.45) is 0 Å². The number of phenols is 1. The van der Waals surface area contributed by atoms with Crippen LogP contribution in [0.4, 0.5) is 5.69 Å². The van der Waals surface area contributed by atoms with Crippen LogP contribution in [0.1, 0.15) is 18.5 Å². The number of carbonyl (C=O) groups excluding carboxylic acids is 1. The number of phenolic OH excluding ortho intramolecular Hbond substituents is 1. The number of anilines is 1. The van der Waals surface area contributed by atoms with Crippen LogP contribution in [0, 0.1) is 0 Å². The molecule has 0 aliphatic carbocycles. The molecule has 1 atom stereocenters. The Kier molecular flexibility index (Phi) is 6.01. The van der Waals surface area contributed by atoms with Crippen LogP contribution < -0.4 is 15.1 Å². The van der Waals surface area contributed by atoms with Crippen molar-refractivity contribution in [2.75, 3.05) is 37.6 Å². The fraction of sp³-hybridized carbons (Fsp3) is 0.350. The summed E-state index contributed by atoms with van der Waals surface area (Å²) in [7, 11) is 0. The summed E-state index contributed by atoms with van der Waals surface area (Å²) in [4.78, 5) is 15.8. The van der Waals surface area contributed by atoms with Crippen molar-refractivity contribution in [1.82, 2.24) is 5.32 Å². The number of para-hydroxylation sites is 2. The fourth-order valence-electron chi connectivity index (χ4n) is 3.40. The van der Waals surface area contributed by atoms with Gasteiger partial charge >= 0.3 is 0 Å². The number of aromatic hydroxyl groups is 1. The molecule has 3 N–H and O–H groups in total. The van der Waals surface area contributed by atoms with E-state index < -0.39 is 0 Å². The molecular weight excluding hydrogens is 350 g/mol. The van der Waals surface area contributed by atoms with E-state index in [-0.39, 0.29) is 11.9 Å². The number of rotatable bonds is 5. The number of benzene rings is 2. The number of hydrogen-bond donors (Lipinski definition) is 3. The van der Waals surface area contributed by atoms with Gasteiger partial charge < -0.3 is 20.2 Å². The molecule has 0 bridgehead atoms. The van der Waals surface area contributed by atoms with Crippen LogP contribution in [0.15, 0.2) is 48.5 Å². The van der Waals surface area contributed by atoms with Gasteiger partial charge in [0, 0.05) is 5.02 Å². The first-order valence-electron chi connectivity index (χ1n) is 8.95. The molecule has 2 aromatic carbocycles. The summed E-state index contributed by atoms with van der Waals surface area (Å²) in [6.45, 7) is 5.76. The molecule has 0 spiro atoms. The molecule has 0 radical (unpaired) electrons. The highest BCUT2D eigenvalue weighted by Crippen LogP contribution is 2.26. The lowest BCUT2D eigenvalue weighted by Crippen LogP contribution is -3.15. The third-order valence-electron chi connectivity index (χ3n) is 4.85. The fourth-order valence-corrected chi connectivity index (χ4v) is 3.70. The van der Waals surface area contributed by atoms with Gasteiger partial charge in [-0.25, -0.2) is 0 Å². The number of quaternary nitrogens is 1. The second-order valence-electron chi connectivity index (χ2n) is 6.71. The normalized spacial score (nSPS) is 16.3. The number of carbonyl (C=O) groups is 1. The number of halogens is 1. The van der Waals surface area contributed by atoms with Crippen molar-refractivity contribution in [3.8, 4) is 5.75 Å². The second-order valence-corrected chi connectivity index (χ2v) is 7.12. The van der Waals surface area contributed by atoms with Crippen LogP contribution in [-0.4, -0.2) is 43.7 Å². The summed E-state index contributed by atoms with van der Waals surface area (Å²) in [6.07, 6.45) is 0. The van der Waals surface area contributed by atoms with Crippen molar-refractivity contribution in [2.45, 2.75) is 13.0 Å². The zero-order valence-corrected chi connectivity index (χ0v) is 15.7. The van der Waals surface area contributed by atoms with E-state index in [0.717, 1.165) is 37.4 Å². The van der Waals surface area contributed by atoms with Gasteiger partial charge in [0.1, 0.15) is 5.75 Å². The van der Waals surface area contributed by atoms with Crippen LogP contribution >= 0.6 is 11.6 Å². The number of hydrogen-bond acceptors (Lipinski definition) is 3. The van der Waals surface area contributed by atoms with Crippen molar-refractivity contribution >= 4 is 23.2 Å². The largest absolute Gasteiger partial charge is 0.506 e. The lowest BCUT2D eigenvalue weighted by Gasteiger charge is -2.33. The Balaban J connectivity index is 1.49. The summed E-state index contributed by atoms with van der Waals surface area (Å²) in [5, 5.41) is 13.7. The number of amides is 1. The Hall–Kier alpha value is -2.24. The molecule has 1 saturated heterocycles. The molecule has 0 aromatic heterocycles. The molecule has 1 aliphatic rings. The Bertz CT molecular complexity index is 760. The minimum atomic E-state index is -0.113. The molecule has 26 heavy (non-hydrogen) atoms. The summed E-state index contributed by atoms with van der Waals surface area (Å²) < 4.78 is 0. The smallest absolute Gasteiger partial charge is 0.275 e. The van der Waals surface area contributed by atoms with E-state index in [1.54, 1.807) is 6.07 Å². The minimum absolute atomic E-state index is 0.0310. The lowest BCUT2D eigenvalue weighted by molar-refractivity contribution is -0.892. The van der Waals surface area contributed by atoms with Crippen LogP contribution in [0.5, 0.6) is 5.75 Å². The third kappa shape index (κ3) is 4.48. The van der Waals surface area contributed by atoms with E-state index in [9.17, 15) is 9.90 Å². The number of nitrogens with one attached hydrogen (secondary N) is 2. The highest BCUT2D eigenvalue weighted by Gasteiger charge is 2.24. The van der Waals surface area contributed by atoms with Crippen LogP contribution in [0.25, 0.3) is 0 Å². The molecule has 3 rings (SSSR count). The molecule has 2 aromatic rings. The molecule has 138 valence electrons. The van der Waals surface area contributed by atoms with E-state index >= 15 is 0 Å². The summed E-state index contributed by atoms with van der Waals surface area (Å²) in [6, 6.07) is 14.9. The summed E-state index contributed by atoms with van der Waals surface area (Å²) in [5.74, 6) is 0.339. The Labute approximate surface area is 159 Å². The van der Waals surface area contributed by atoms with E-state index in [0.29, 0.717) is 17.3 Å². The molecule has 0 unspecified atom stereocenters. The van der Waals surface area contributed by atoms with Crippen LogP contribution in [0.2, 0.25) is 5.02 Å². The maximum Gasteiger partial charge on any atom is 0.275 e. The summed E-state index contributed by atoms with van der Waals surface area (Å²) >= 11 is 6.20. The first kappa shape index (κ1) is 18.5. The molecule has 6 heteroatoms. The lowest BCUT2D eigenvalue weighted by atomic mass is 10.1. The van der Waals surface area contributed by atoms with Gasteiger partial charge in [0.25, 0.3) is 5.91 Å². The Morgan fingerprint density at radius 2 is 1.85 bits per heavy atom. The van der Waals surface area contributed by atoms with Crippen molar-refractivity contribution in [1.29, 1.82) is 0 Å². The highest BCUT2D eigenvalue weighted by atomic mass is 35.5. The topological polar surface area (TPSA) is 57.0 Å². The van der Waals surface area contributed by atoms with Gasteiger partial charge in [-0.15, -0.1) is 0 Å². The van der Waals surface area contributed by atoms with E-state index in [1.165, 1.54) is 4.90 Å². The molecule has 1 aliphatic heterocycles. The predicted molar refractivity (Wildman–Crippen MR) is 104 cm³/mol. The maximum atomic E-state index is 12.4. The highest BCUT2D eigenvalue weighted by molar-refractivity contribution is 6.31. The number of nitrogens with zero attached hydrogens (tertiary/aromatic N) is 1. The quantitative estimate of drug-likeness (QED) is 0.745. The molecule has 1 fully saturated rings. The molecule has 1 heterocycles. The second kappa shape index (κ2) is 8.43. The molecule has 0 saturated carbocycles. The van der Waals surface area contributed by atoms with Gasteiger partial charge in [0.2, 0.25) is 0 Å². The Morgan fingerprint density at radius 1 is 1.19 bits per heavy atom. The first-order valence-corrected chi connectivity index (χ1v) is 9.32. The average molecular weight is 375 g/mol. The van der Waals surface area contributed by atoms with Crippen molar-refractivity contribution in [3.05, 3.63) is 59.1 Å². The summed E-state index contributed by atoms with van der Waals surface area (Å²) in [5.41, 5.74) is 1.80.